The number of hydrogen-bond donors (Lipinski definition) is 0. The highest BCUT2D eigenvalue weighted by molar-refractivity contribution is 9.10. The zero-order valence-electron chi connectivity index (χ0n) is 9.80. The monoisotopic (exact) mass is 450 g/mol. The van der Waals surface area contributed by atoms with E-state index in [0.717, 1.165) is 20.9 Å². The Bertz CT molecular complexity index is 587. The molecule has 2 aromatic carbocycles. The van der Waals surface area contributed by atoms with Crippen LogP contribution in [0.25, 0.3) is 0 Å². The van der Waals surface area contributed by atoms with Crippen LogP contribution in [0.3, 0.4) is 0 Å². The third-order valence-corrected chi connectivity index (χ3v) is 4.18. The Kier molecular flexibility index (Phi) is 5.42. The molecule has 0 saturated heterocycles. The Morgan fingerprint density at radius 3 is 2.32 bits per heavy atom. The highest BCUT2D eigenvalue weighted by Gasteiger charge is 2.07. The summed E-state index contributed by atoms with van der Waals surface area (Å²) in [5.74, 6) is -0.112. The van der Waals surface area contributed by atoms with Gasteiger partial charge in [-0.25, -0.2) is 4.39 Å². The van der Waals surface area contributed by atoms with Crippen LogP contribution in [0.4, 0.5) is 4.39 Å². The third kappa shape index (κ3) is 4.04. The van der Waals surface area contributed by atoms with E-state index in [2.05, 4.69) is 47.8 Å². The highest BCUT2D eigenvalue weighted by atomic mass is 79.9. The number of alkyl halides is 1. The largest absolute Gasteiger partial charge is 0.486 e. The number of benzene rings is 2. The van der Waals surface area contributed by atoms with Crippen LogP contribution in [0.15, 0.2) is 45.3 Å². The van der Waals surface area contributed by atoms with Crippen LogP contribution >= 0.6 is 47.8 Å². The van der Waals surface area contributed by atoms with E-state index in [1.54, 1.807) is 12.1 Å². The van der Waals surface area contributed by atoms with E-state index in [1.807, 2.05) is 18.2 Å². The van der Waals surface area contributed by atoms with Gasteiger partial charge in [-0.15, -0.1) is 0 Å². The van der Waals surface area contributed by atoms with Crippen LogP contribution in [0.5, 0.6) is 5.75 Å². The molecule has 0 spiro atoms. The van der Waals surface area contributed by atoms with Gasteiger partial charge in [0.2, 0.25) is 0 Å². The van der Waals surface area contributed by atoms with Crippen molar-refractivity contribution in [3.05, 3.63) is 62.3 Å². The molecule has 0 fully saturated rings. The summed E-state index contributed by atoms with van der Waals surface area (Å²) in [7, 11) is 0. The molecule has 0 radical (unpaired) electrons. The van der Waals surface area contributed by atoms with E-state index >= 15 is 0 Å². The van der Waals surface area contributed by atoms with Crippen LogP contribution in [0.1, 0.15) is 11.1 Å². The van der Waals surface area contributed by atoms with E-state index in [4.69, 9.17) is 4.74 Å². The smallest absolute Gasteiger partial charge is 0.166 e. The normalized spacial score (nSPS) is 10.5. The molecule has 0 N–H and O–H groups in total. The summed E-state index contributed by atoms with van der Waals surface area (Å²) < 4.78 is 20.9. The van der Waals surface area contributed by atoms with Crippen molar-refractivity contribution in [1.82, 2.24) is 0 Å². The van der Waals surface area contributed by atoms with Crippen LogP contribution in [0, 0.1) is 5.82 Å². The molecule has 2 rings (SSSR count). The molecule has 0 unspecified atom stereocenters. The predicted octanol–water partition coefficient (Wildman–Crippen LogP) is 5.82. The maximum atomic E-state index is 13.6. The Balaban J connectivity index is 2.14. The van der Waals surface area contributed by atoms with Crippen molar-refractivity contribution in [3.63, 3.8) is 0 Å². The molecule has 0 amide bonds. The van der Waals surface area contributed by atoms with Gasteiger partial charge >= 0.3 is 0 Å². The first kappa shape index (κ1) is 15.0. The Morgan fingerprint density at radius 2 is 1.63 bits per heavy atom. The van der Waals surface area contributed by atoms with Crippen molar-refractivity contribution in [2.45, 2.75) is 11.9 Å². The van der Waals surface area contributed by atoms with Gasteiger partial charge in [0, 0.05) is 14.3 Å². The Hall–Kier alpha value is -0.390. The highest BCUT2D eigenvalue weighted by Crippen LogP contribution is 2.24. The van der Waals surface area contributed by atoms with Crippen molar-refractivity contribution in [3.8, 4) is 5.75 Å². The van der Waals surface area contributed by atoms with E-state index < -0.39 is 0 Å². The summed E-state index contributed by atoms with van der Waals surface area (Å²) in [4.78, 5) is 0. The fraction of sp³-hybridized carbons (Fsp3) is 0.143. The first-order chi connectivity index (χ1) is 9.10. The van der Waals surface area contributed by atoms with Gasteiger partial charge in [-0.3, -0.25) is 0 Å². The lowest BCUT2D eigenvalue weighted by molar-refractivity contribution is 0.289. The molecule has 0 aromatic heterocycles. The Labute approximate surface area is 136 Å². The van der Waals surface area contributed by atoms with Crippen molar-refractivity contribution in [2.75, 3.05) is 0 Å². The maximum Gasteiger partial charge on any atom is 0.166 e. The van der Waals surface area contributed by atoms with Gasteiger partial charge in [-0.2, -0.15) is 0 Å². The zero-order chi connectivity index (χ0) is 13.8. The summed E-state index contributed by atoms with van der Waals surface area (Å²) in [6.07, 6.45) is 0. The average molecular weight is 453 g/mol. The minimum Gasteiger partial charge on any atom is -0.486 e. The van der Waals surface area contributed by atoms with Crippen LogP contribution in [-0.2, 0) is 11.9 Å². The molecule has 0 saturated carbocycles. The number of rotatable bonds is 4. The molecule has 100 valence electrons. The molecule has 1 nitrogen and oxygen atoms in total. The van der Waals surface area contributed by atoms with Gasteiger partial charge in [0.15, 0.2) is 11.6 Å². The molecule has 0 atom stereocenters. The second kappa shape index (κ2) is 6.86. The molecule has 0 bridgehead atoms. The van der Waals surface area contributed by atoms with E-state index in [-0.39, 0.29) is 11.6 Å². The summed E-state index contributed by atoms with van der Waals surface area (Å²) in [5, 5.41) is 0.730. The molecule has 0 aliphatic heterocycles. The maximum absolute atomic E-state index is 13.6. The predicted molar refractivity (Wildman–Crippen MR) is 85.2 cm³/mol. The SMILES string of the molecule is Fc1cc(Br)ccc1OCc1ccc(Br)cc1CBr. The van der Waals surface area contributed by atoms with Gasteiger partial charge < -0.3 is 4.74 Å². The number of hydrogen-bond acceptors (Lipinski definition) is 1. The number of ether oxygens (including phenoxy) is 1. The number of halogens is 4. The lowest BCUT2D eigenvalue weighted by Gasteiger charge is -2.11. The van der Waals surface area contributed by atoms with E-state index in [0.29, 0.717) is 11.1 Å². The van der Waals surface area contributed by atoms with Gasteiger partial charge in [0.1, 0.15) is 6.61 Å². The topological polar surface area (TPSA) is 9.23 Å². The quantitative estimate of drug-likeness (QED) is 0.531. The first-order valence-electron chi connectivity index (χ1n) is 5.51. The van der Waals surface area contributed by atoms with Crippen molar-refractivity contribution in [2.24, 2.45) is 0 Å². The van der Waals surface area contributed by atoms with Gasteiger partial charge in [-0.1, -0.05) is 53.9 Å². The minimum atomic E-state index is -0.369. The van der Waals surface area contributed by atoms with E-state index in [9.17, 15) is 4.39 Å². The summed E-state index contributed by atoms with van der Waals surface area (Å²) in [5.41, 5.74) is 2.15. The Morgan fingerprint density at radius 1 is 0.947 bits per heavy atom. The van der Waals surface area contributed by atoms with Gasteiger partial charge in [0.05, 0.1) is 0 Å². The lowest BCUT2D eigenvalue weighted by Crippen LogP contribution is -2.00. The first-order valence-corrected chi connectivity index (χ1v) is 8.22. The van der Waals surface area contributed by atoms with Crippen LogP contribution in [0.2, 0.25) is 0 Å². The molecule has 0 aliphatic carbocycles. The average Bonchev–Trinajstić information content (AvgIpc) is 2.39. The minimum absolute atomic E-state index is 0.256. The van der Waals surface area contributed by atoms with Crippen LogP contribution in [-0.4, -0.2) is 0 Å². The molecular weight excluding hydrogens is 443 g/mol. The van der Waals surface area contributed by atoms with Crippen LogP contribution < -0.4 is 4.74 Å². The summed E-state index contributed by atoms with van der Waals surface area (Å²) in [6, 6.07) is 10.7. The van der Waals surface area contributed by atoms with Gasteiger partial charge in [-0.05, 0) is 41.5 Å². The van der Waals surface area contributed by atoms with Gasteiger partial charge in [0.25, 0.3) is 0 Å². The second-order valence-electron chi connectivity index (χ2n) is 3.91. The van der Waals surface area contributed by atoms with Crippen molar-refractivity contribution in [1.29, 1.82) is 0 Å². The molecule has 2 aromatic rings. The molecule has 0 heterocycles. The summed E-state index contributed by atoms with van der Waals surface area (Å²) in [6.45, 7) is 0.340. The summed E-state index contributed by atoms with van der Waals surface area (Å²) >= 11 is 10.1. The third-order valence-electron chi connectivity index (χ3n) is 2.59. The van der Waals surface area contributed by atoms with Crippen molar-refractivity contribution >= 4 is 47.8 Å². The van der Waals surface area contributed by atoms with E-state index in [1.165, 1.54) is 6.07 Å². The lowest BCUT2D eigenvalue weighted by atomic mass is 10.1. The molecule has 19 heavy (non-hydrogen) atoms. The molecule has 0 aliphatic rings. The molecular formula is C14H10Br3FO. The molecule has 5 heteroatoms. The fourth-order valence-electron chi connectivity index (χ4n) is 1.61. The van der Waals surface area contributed by atoms with Crippen molar-refractivity contribution < 1.29 is 9.13 Å². The second-order valence-corrected chi connectivity index (χ2v) is 6.30. The standard InChI is InChI=1S/C14H10Br3FO/c15-7-10-5-11(16)2-1-9(10)8-19-14-4-3-12(17)6-13(14)18/h1-6H,7-8H2. The fourth-order valence-corrected chi connectivity index (χ4v) is 2.87. The zero-order valence-corrected chi connectivity index (χ0v) is 14.6.